The maximum Gasteiger partial charge on any atom is 0.229 e. The molecule has 0 amide bonds. The first-order chi connectivity index (χ1) is 13.2. The van der Waals surface area contributed by atoms with Gasteiger partial charge in [0.05, 0.1) is 5.52 Å². The van der Waals surface area contributed by atoms with Gasteiger partial charge in [0.1, 0.15) is 5.82 Å². The number of nitrogens with zero attached hydrogens (tertiary/aromatic N) is 2. The molecular formula is C22H19ClN4. The predicted octanol–water partition coefficient (Wildman–Crippen LogP) is 5.95. The van der Waals surface area contributed by atoms with E-state index in [1.54, 1.807) is 0 Å². The van der Waals surface area contributed by atoms with Crippen LogP contribution < -0.4 is 10.6 Å². The maximum absolute atomic E-state index is 6.28. The van der Waals surface area contributed by atoms with Crippen molar-refractivity contribution in [3.05, 3.63) is 88.9 Å². The van der Waals surface area contributed by atoms with E-state index in [9.17, 15) is 0 Å². The van der Waals surface area contributed by atoms with Crippen LogP contribution >= 0.6 is 11.6 Å². The highest BCUT2D eigenvalue weighted by atomic mass is 35.5. The van der Waals surface area contributed by atoms with E-state index < -0.39 is 0 Å². The highest BCUT2D eigenvalue weighted by Crippen LogP contribution is 2.25. The third-order valence-electron chi connectivity index (χ3n) is 4.40. The lowest BCUT2D eigenvalue weighted by molar-refractivity contribution is 1.10. The number of hydrogen-bond acceptors (Lipinski definition) is 4. The molecule has 5 heteroatoms. The average molecular weight is 375 g/mol. The summed E-state index contributed by atoms with van der Waals surface area (Å²) in [6, 6.07) is 23.8. The number of para-hydroxylation sites is 2. The second kappa shape index (κ2) is 7.64. The van der Waals surface area contributed by atoms with Gasteiger partial charge in [-0.05, 0) is 42.3 Å². The van der Waals surface area contributed by atoms with Crippen LogP contribution in [0.1, 0.15) is 11.1 Å². The van der Waals surface area contributed by atoms with Gasteiger partial charge in [-0.1, -0.05) is 60.1 Å². The first-order valence-electron chi connectivity index (χ1n) is 8.77. The topological polar surface area (TPSA) is 49.8 Å². The van der Waals surface area contributed by atoms with Crippen molar-refractivity contribution in [1.82, 2.24) is 9.97 Å². The molecule has 0 atom stereocenters. The van der Waals surface area contributed by atoms with Gasteiger partial charge in [0.15, 0.2) is 0 Å². The van der Waals surface area contributed by atoms with E-state index >= 15 is 0 Å². The smallest absolute Gasteiger partial charge is 0.229 e. The standard InChI is InChI=1S/C22H19ClN4/c1-15-8-2-6-12-19(15)25-22-26-20-13-7-4-10-17(20)21(27-22)24-14-16-9-3-5-11-18(16)23/h2-13H,14H2,1H3,(H2,24,25,26,27). The molecule has 3 aromatic carbocycles. The summed E-state index contributed by atoms with van der Waals surface area (Å²) in [5.41, 5.74) is 4.03. The monoisotopic (exact) mass is 374 g/mol. The largest absolute Gasteiger partial charge is 0.365 e. The first kappa shape index (κ1) is 17.3. The summed E-state index contributed by atoms with van der Waals surface area (Å²) in [7, 11) is 0. The molecule has 0 aliphatic carbocycles. The van der Waals surface area contributed by atoms with Crippen molar-refractivity contribution in [3.63, 3.8) is 0 Å². The summed E-state index contributed by atoms with van der Waals surface area (Å²) < 4.78 is 0. The Bertz CT molecular complexity index is 1090. The number of anilines is 3. The molecule has 0 spiro atoms. The molecular weight excluding hydrogens is 356 g/mol. The maximum atomic E-state index is 6.28. The Balaban J connectivity index is 1.68. The van der Waals surface area contributed by atoms with Crippen molar-refractivity contribution in [3.8, 4) is 0 Å². The van der Waals surface area contributed by atoms with E-state index in [2.05, 4.69) is 28.6 Å². The average Bonchev–Trinajstić information content (AvgIpc) is 2.69. The van der Waals surface area contributed by atoms with Gasteiger partial charge in [-0.2, -0.15) is 4.98 Å². The molecule has 2 N–H and O–H groups in total. The molecule has 134 valence electrons. The number of benzene rings is 3. The van der Waals surface area contributed by atoms with E-state index in [0.29, 0.717) is 12.5 Å². The van der Waals surface area contributed by atoms with Gasteiger partial charge in [-0.15, -0.1) is 0 Å². The second-order valence-corrected chi connectivity index (χ2v) is 6.71. The van der Waals surface area contributed by atoms with Crippen LogP contribution in [0.3, 0.4) is 0 Å². The summed E-state index contributed by atoms with van der Waals surface area (Å²) in [5, 5.41) is 8.45. The van der Waals surface area contributed by atoms with Crippen LogP contribution in [0, 0.1) is 6.92 Å². The minimum atomic E-state index is 0.560. The number of halogens is 1. The molecule has 0 saturated carbocycles. The van der Waals surface area contributed by atoms with E-state index in [-0.39, 0.29) is 0 Å². The number of fused-ring (bicyclic) bond motifs is 1. The highest BCUT2D eigenvalue weighted by molar-refractivity contribution is 6.31. The van der Waals surface area contributed by atoms with Crippen molar-refractivity contribution >= 4 is 40.0 Å². The molecule has 4 nitrogen and oxygen atoms in total. The molecule has 1 aromatic heterocycles. The summed E-state index contributed by atoms with van der Waals surface area (Å²) in [4.78, 5) is 9.36. The molecule has 0 aliphatic rings. The molecule has 0 unspecified atom stereocenters. The van der Waals surface area contributed by atoms with Crippen LogP contribution in [0.15, 0.2) is 72.8 Å². The predicted molar refractivity (Wildman–Crippen MR) is 113 cm³/mol. The zero-order chi connectivity index (χ0) is 18.6. The quantitative estimate of drug-likeness (QED) is 0.453. The Hall–Kier alpha value is -3.11. The van der Waals surface area contributed by atoms with E-state index in [0.717, 1.165) is 38.6 Å². The summed E-state index contributed by atoms with van der Waals surface area (Å²) in [6.45, 7) is 2.64. The molecule has 0 fully saturated rings. The second-order valence-electron chi connectivity index (χ2n) is 6.30. The Kier molecular flexibility index (Phi) is 4.90. The number of hydrogen-bond donors (Lipinski definition) is 2. The van der Waals surface area contributed by atoms with Crippen LogP contribution in [-0.2, 0) is 6.54 Å². The molecule has 27 heavy (non-hydrogen) atoms. The fourth-order valence-electron chi connectivity index (χ4n) is 2.92. The van der Waals surface area contributed by atoms with Crippen molar-refractivity contribution in [2.45, 2.75) is 13.5 Å². The third kappa shape index (κ3) is 3.86. The number of aryl methyl sites for hydroxylation is 1. The van der Waals surface area contributed by atoms with Crippen LogP contribution in [0.2, 0.25) is 5.02 Å². The Morgan fingerprint density at radius 1 is 0.852 bits per heavy atom. The van der Waals surface area contributed by atoms with E-state index in [1.807, 2.05) is 66.7 Å². The summed E-state index contributed by atoms with van der Waals surface area (Å²) in [6.07, 6.45) is 0. The molecule has 4 rings (SSSR count). The van der Waals surface area contributed by atoms with Crippen molar-refractivity contribution in [2.75, 3.05) is 10.6 Å². The van der Waals surface area contributed by atoms with Gasteiger partial charge < -0.3 is 10.6 Å². The highest BCUT2D eigenvalue weighted by Gasteiger charge is 2.09. The van der Waals surface area contributed by atoms with Gasteiger partial charge in [-0.3, -0.25) is 0 Å². The van der Waals surface area contributed by atoms with E-state index in [1.165, 1.54) is 0 Å². The van der Waals surface area contributed by atoms with Crippen LogP contribution in [0.5, 0.6) is 0 Å². The zero-order valence-corrected chi connectivity index (χ0v) is 15.7. The fourth-order valence-corrected chi connectivity index (χ4v) is 3.12. The van der Waals surface area contributed by atoms with E-state index in [4.69, 9.17) is 16.6 Å². The first-order valence-corrected chi connectivity index (χ1v) is 9.15. The molecule has 4 aromatic rings. The Morgan fingerprint density at radius 2 is 1.59 bits per heavy atom. The normalized spacial score (nSPS) is 10.7. The van der Waals surface area contributed by atoms with Crippen molar-refractivity contribution < 1.29 is 0 Å². The Morgan fingerprint density at radius 3 is 2.44 bits per heavy atom. The van der Waals surface area contributed by atoms with Gasteiger partial charge in [0.2, 0.25) is 5.95 Å². The molecule has 1 heterocycles. The van der Waals surface area contributed by atoms with Crippen LogP contribution in [-0.4, -0.2) is 9.97 Å². The Labute approximate surface area is 163 Å². The van der Waals surface area contributed by atoms with Gasteiger partial charge >= 0.3 is 0 Å². The molecule has 0 bridgehead atoms. The minimum absolute atomic E-state index is 0.560. The molecule has 0 radical (unpaired) electrons. The zero-order valence-electron chi connectivity index (χ0n) is 14.9. The third-order valence-corrected chi connectivity index (χ3v) is 4.77. The van der Waals surface area contributed by atoms with Gasteiger partial charge in [-0.25, -0.2) is 4.98 Å². The molecule has 0 aliphatic heterocycles. The number of rotatable bonds is 5. The minimum Gasteiger partial charge on any atom is -0.365 e. The lowest BCUT2D eigenvalue weighted by Crippen LogP contribution is -2.06. The number of aromatic nitrogens is 2. The lowest BCUT2D eigenvalue weighted by Gasteiger charge is -2.13. The summed E-state index contributed by atoms with van der Waals surface area (Å²) in [5.74, 6) is 1.33. The lowest BCUT2D eigenvalue weighted by atomic mass is 10.2. The summed E-state index contributed by atoms with van der Waals surface area (Å²) >= 11 is 6.28. The van der Waals surface area contributed by atoms with Crippen LogP contribution in [0.25, 0.3) is 10.9 Å². The van der Waals surface area contributed by atoms with Crippen LogP contribution in [0.4, 0.5) is 17.5 Å². The van der Waals surface area contributed by atoms with Crippen molar-refractivity contribution in [1.29, 1.82) is 0 Å². The fraction of sp³-hybridized carbons (Fsp3) is 0.0909. The SMILES string of the molecule is Cc1ccccc1Nc1nc(NCc2ccccc2Cl)c2ccccc2n1. The van der Waals surface area contributed by atoms with Gasteiger partial charge in [0, 0.05) is 22.6 Å². The van der Waals surface area contributed by atoms with Crippen molar-refractivity contribution in [2.24, 2.45) is 0 Å². The van der Waals surface area contributed by atoms with Gasteiger partial charge in [0.25, 0.3) is 0 Å². The molecule has 0 saturated heterocycles. The number of nitrogens with one attached hydrogen (secondary N) is 2.